The summed E-state index contributed by atoms with van der Waals surface area (Å²) in [6.07, 6.45) is 3.90. The van der Waals surface area contributed by atoms with Crippen molar-refractivity contribution < 1.29 is 19.1 Å². The second kappa shape index (κ2) is 7.84. The van der Waals surface area contributed by atoms with E-state index in [0.717, 1.165) is 12.8 Å². The minimum absolute atomic E-state index is 0.0225. The largest absolute Gasteiger partial charge is 0.501 e. The molecule has 0 aromatic heterocycles. The highest BCUT2D eigenvalue weighted by atomic mass is 16.6. The molecule has 0 aromatic rings. The first-order valence-electron chi connectivity index (χ1n) is 8.40. The van der Waals surface area contributed by atoms with Gasteiger partial charge in [0, 0.05) is 18.5 Å². The zero-order valence-electron chi connectivity index (χ0n) is 15.5. The predicted octanol–water partition coefficient (Wildman–Crippen LogP) is 3.28. The molecule has 0 N–H and O–H groups in total. The van der Waals surface area contributed by atoms with Crippen molar-refractivity contribution in [1.29, 1.82) is 0 Å². The maximum atomic E-state index is 12.7. The molecule has 0 saturated carbocycles. The van der Waals surface area contributed by atoms with E-state index in [1.807, 2.05) is 34.6 Å². The molecule has 0 spiro atoms. The van der Waals surface area contributed by atoms with E-state index in [0.29, 0.717) is 12.2 Å². The number of nitrogens with zero attached hydrogens (tertiary/aromatic N) is 1. The molecular formula is C18H31NO4. The first-order chi connectivity index (χ1) is 10.6. The third-order valence-corrected chi connectivity index (χ3v) is 3.83. The molecule has 1 aliphatic heterocycles. The minimum atomic E-state index is -0.576. The SMILES string of the molecule is CCC[C@@H]1CC(OC)=CC(=O)N1[C@H](C(=O)OC(C)(C)C)C(C)C. The second-order valence-corrected chi connectivity index (χ2v) is 7.43. The number of carbonyl (C=O) groups is 2. The molecule has 5 heteroatoms. The van der Waals surface area contributed by atoms with Crippen LogP contribution in [-0.2, 0) is 19.1 Å². The van der Waals surface area contributed by atoms with E-state index in [2.05, 4.69) is 6.92 Å². The van der Waals surface area contributed by atoms with Gasteiger partial charge in [0.25, 0.3) is 5.91 Å². The number of hydrogen-bond donors (Lipinski definition) is 0. The molecule has 0 bridgehead atoms. The molecular weight excluding hydrogens is 294 g/mol. The van der Waals surface area contributed by atoms with E-state index < -0.39 is 11.6 Å². The number of methoxy groups -OCH3 is 1. The molecule has 1 rings (SSSR count). The van der Waals surface area contributed by atoms with Crippen molar-refractivity contribution >= 4 is 11.9 Å². The summed E-state index contributed by atoms with van der Waals surface area (Å²) < 4.78 is 10.8. The van der Waals surface area contributed by atoms with Gasteiger partial charge in [-0.1, -0.05) is 27.2 Å². The van der Waals surface area contributed by atoms with Crippen molar-refractivity contribution in [2.45, 2.75) is 78.5 Å². The van der Waals surface area contributed by atoms with Crippen LogP contribution in [0.2, 0.25) is 0 Å². The number of carbonyl (C=O) groups excluding carboxylic acids is 2. The highest BCUT2D eigenvalue weighted by Crippen LogP contribution is 2.29. The van der Waals surface area contributed by atoms with Gasteiger partial charge in [-0.2, -0.15) is 0 Å². The van der Waals surface area contributed by atoms with Crippen molar-refractivity contribution in [2.75, 3.05) is 7.11 Å². The molecule has 2 atom stereocenters. The standard InChI is InChI=1S/C18H31NO4/c1-8-9-13-10-14(22-7)11-15(20)19(13)16(12(2)3)17(21)23-18(4,5)6/h11-13,16H,8-10H2,1-7H3/t13-,16+/m1/s1. The van der Waals surface area contributed by atoms with E-state index in [9.17, 15) is 9.59 Å². The smallest absolute Gasteiger partial charge is 0.329 e. The first-order valence-corrected chi connectivity index (χ1v) is 8.40. The Morgan fingerprint density at radius 2 is 2.00 bits per heavy atom. The van der Waals surface area contributed by atoms with Gasteiger partial charge < -0.3 is 14.4 Å². The van der Waals surface area contributed by atoms with E-state index in [-0.39, 0.29) is 23.8 Å². The normalized spacial score (nSPS) is 20.3. The van der Waals surface area contributed by atoms with Crippen LogP contribution in [0.25, 0.3) is 0 Å². The average molecular weight is 325 g/mol. The Kier molecular flexibility index (Phi) is 6.66. The summed E-state index contributed by atoms with van der Waals surface area (Å²) in [5.74, 6) is 0.148. The van der Waals surface area contributed by atoms with Crippen LogP contribution in [0.1, 0.15) is 60.8 Å². The fraction of sp³-hybridized carbons (Fsp3) is 0.778. The van der Waals surface area contributed by atoms with Crippen LogP contribution in [0.3, 0.4) is 0 Å². The molecule has 0 aliphatic carbocycles. The second-order valence-electron chi connectivity index (χ2n) is 7.43. The lowest BCUT2D eigenvalue weighted by atomic mass is 9.94. The quantitative estimate of drug-likeness (QED) is 0.703. The lowest BCUT2D eigenvalue weighted by Gasteiger charge is -2.41. The summed E-state index contributed by atoms with van der Waals surface area (Å²) in [6.45, 7) is 11.5. The molecule has 0 unspecified atom stereocenters. The Balaban J connectivity index is 3.14. The molecule has 23 heavy (non-hydrogen) atoms. The van der Waals surface area contributed by atoms with Crippen molar-refractivity contribution in [3.63, 3.8) is 0 Å². The molecule has 1 heterocycles. The predicted molar refractivity (Wildman–Crippen MR) is 89.7 cm³/mol. The molecule has 1 amide bonds. The fourth-order valence-corrected chi connectivity index (χ4v) is 2.93. The highest BCUT2D eigenvalue weighted by Gasteiger charge is 2.41. The zero-order valence-corrected chi connectivity index (χ0v) is 15.5. The molecule has 0 radical (unpaired) electrons. The summed E-state index contributed by atoms with van der Waals surface area (Å²) in [5, 5.41) is 0. The third-order valence-electron chi connectivity index (χ3n) is 3.83. The summed E-state index contributed by atoms with van der Waals surface area (Å²) in [4.78, 5) is 27.0. The van der Waals surface area contributed by atoms with E-state index in [1.54, 1.807) is 12.0 Å². The molecule has 0 fully saturated rings. The summed E-state index contributed by atoms with van der Waals surface area (Å²) in [5.41, 5.74) is -0.573. The minimum Gasteiger partial charge on any atom is -0.501 e. The Hall–Kier alpha value is -1.52. The maximum Gasteiger partial charge on any atom is 0.329 e. The van der Waals surface area contributed by atoms with Crippen LogP contribution >= 0.6 is 0 Å². The van der Waals surface area contributed by atoms with Gasteiger partial charge in [-0.3, -0.25) is 4.79 Å². The van der Waals surface area contributed by atoms with E-state index in [1.165, 1.54) is 6.08 Å². The van der Waals surface area contributed by atoms with Crippen molar-refractivity contribution in [3.05, 3.63) is 11.8 Å². The maximum absolute atomic E-state index is 12.7. The Morgan fingerprint density at radius 3 is 2.43 bits per heavy atom. The van der Waals surface area contributed by atoms with Gasteiger partial charge in [0.05, 0.1) is 7.11 Å². The third kappa shape index (κ3) is 5.26. The van der Waals surface area contributed by atoms with Gasteiger partial charge in [-0.25, -0.2) is 4.79 Å². The Morgan fingerprint density at radius 1 is 1.39 bits per heavy atom. The Bertz CT molecular complexity index is 462. The monoisotopic (exact) mass is 325 g/mol. The summed E-state index contributed by atoms with van der Waals surface area (Å²) in [6, 6.07) is -0.611. The first kappa shape index (κ1) is 19.5. The molecule has 132 valence electrons. The summed E-state index contributed by atoms with van der Waals surface area (Å²) in [7, 11) is 1.57. The van der Waals surface area contributed by atoms with Gasteiger partial charge in [0.2, 0.25) is 0 Å². The van der Waals surface area contributed by atoms with E-state index >= 15 is 0 Å². The van der Waals surface area contributed by atoms with Gasteiger partial charge in [-0.15, -0.1) is 0 Å². The van der Waals surface area contributed by atoms with Crippen LogP contribution in [0, 0.1) is 5.92 Å². The molecule has 1 aliphatic rings. The van der Waals surface area contributed by atoms with Crippen molar-refractivity contribution in [3.8, 4) is 0 Å². The fourth-order valence-electron chi connectivity index (χ4n) is 2.93. The zero-order chi connectivity index (χ0) is 17.8. The Labute approximate surface area is 140 Å². The van der Waals surface area contributed by atoms with Crippen molar-refractivity contribution in [1.82, 2.24) is 4.90 Å². The molecule has 5 nitrogen and oxygen atoms in total. The number of rotatable bonds is 6. The highest BCUT2D eigenvalue weighted by molar-refractivity contribution is 5.93. The van der Waals surface area contributed by atoms with Crippen LogP contribution < -0.4 is 0 Å². The van der Waals surface area contributed by atoms with Crippen LogP contribution in [0.15, 0.2) is 11.8 Å². The lowest BCUT2D eigenvalue weighted by Crippen LogP contribution is -2.55. The van der Waals surface area contributed by atoms with Gasteiger partial charge in [-0.05, 0) is 33.1 Å². The number of amides is 1. The van der Waals surface area contributed by atoms with Gasteiger partial charge in [0.1, 0.15) is 17.4 Å². The topological polar surface area (TPSA) is 55.8 Å². The van der Waals surface area contributed by atoms with Crippen LogP contribution in [0.5, 0.6) is 0 Å². The van der Waals surface area contributed by atoms with Crippen LogP contribution in [-0.4, -0.2) is 41.6 Å². The average Bonchev–Trinajstić information content (AvgIpc) is 2.39. The lowest BCUT2D eigenvalue weighted by molar-refractivity contribution is -0.168. The molecule has 0 saturated heterocycles. The summed E-state index contributed by atoms with van der Waals surface area (Å²) >= 11 is 0. The number of esters is 1. The number of hydrogen-bond acceptors (Lipinski definition) is 4. The van der Waals surface area contributed by atoms with E-state index in [4.69, 9.17) is 9.47 Å². The molecule has 0 aromatic carbocycles. The van der Waals surface area contributed by atoms with Gasteiger partial charge in [0.15, 0.2) is 0 Å². The number of ether oxygens (including phenoxy) is 2. The van der Waals surface area contributed by atoms with Gasteiger partial charge >= 0.3 is 5.97 Å². The van der Waals surface area contributed by atoms with Crippen molar-refractivity contribution in [2.24, 2.45) is 5.92 Å². The van der Waals surface area contributed by atoms with Crippen LogP contribution in [0.4, 0.5) is 0 Å².